The Hall–Kier alpha value is -1.01. The molecule has 0 spiro atoms. The molecule has 1 aromatic heterocycles. The SMILES string of the molecule is CCN1CCCC(C(C)NCc2nn[nH]n2)C1. The second kappa shape index (κ2) is 6.07. The molecular weight excluding hydrogens is 216 g/mol. The molecule has 0 amide bonds. The highest BCUT2D eigenvalue weighted by Crippen LogP contribution is 2.19. The van der Waals surface area contributed by atoms with Gasteiger partial charge in [0.25, 0.3) is 0 Å². The van der Waals surface area contributed by atoms with Gasteiger partial charge < -0.3 is 10.2 Å². The zero-order valence-electron chi connectivity index (χ0n) is 10.7. The molecule has 0 radical (unpaired) electrons. The molecule has 2 heterocycles. The van der Waals surface area contributed by atoms with E-state index in [4.69, 9.17) is 0 Å². The maximum Gasteiger partial charge on any atom is 0.188 e. The fourth-order valence-electron chi connectivity index (χ4n) is 2.46. The molecule has 0 aromatic carbocycles. The van der Waals surface area contributed by atoms with Crippen molar-refractivity contribution in [3.63, 3.8) is 0 Å². The molecule has 2 rings (SSSR count). The maximum atomic E-state index is 3.94. The molecule has 2 atom stereocenters. The summed E-state index contributed by atoms with van der Waals surface area (Å²) in [4.78, 5) is 2.53. The third kappa shape index (κ3) is 3.47. The summed E-state index contributed by atoms with van der Waals surface area (Å²) in [6.45, 7) is 8.81. The molecule has 1 aromatic rings. The van der Waals surface area contributed by atoms with E-state index in [1.165, 1.54) is 25.9 Å². The van der Waals surface area contributed by atoms with Gasteiger partial charge in [-0.15, -0.1) is 10.2 Å². The molecular formula is C11H22N6. The number of hydrogen-bond donors (Lipinski definition) is 2. The van der Waals surface area contributed by atoms with Crippen molar-refractivity contribution in [2.24, 2.45) is 5.92 Å². The molecule has 1 saturated heterocycles. The number of tetrazole rings is 1. The first-order chi connectivity index (χ1) is 8.29. The lowest BCUT2D eigenvalue weighted by Crippen LogP contribution is -2.44. The molecule has 0 saturated carbocycles. The largest absolute Gasteiger partial charge is 0.307 e. The summed E-state index contributed by atoms with van der Waals surface area (Å²) in [7, 11) is 0. The lowest BCUT2D eigenvalue weighted by molar-refractivity contribution is 0.156. The van der Waals surface area contributed by atoms with E-state index in [9.17, 15) is 0 Å². The van der Waals surface area contributed by atoms with Gasteiger partial charge in [0, 0.05) is 12.6 Å². The number of aromatic amines is 1. The summed E-state index contributed by atoms with van der Waals surface area (Å²) >= 11 is 0. The van der Waals surface area contributed by atoms with Crippen LogP contribution >= 0.6 is 0 Å². The first-order valence-corrected chi connectivity index (χ1v) is 6.47. The molecule has 0 aliphatic carbocycles. The Balaban J connectivity index is 1.76. The summed E-state index contributed by atoms with van der Waals surface area (Å²) in [5.74, 6) is 1.47. The fourth-order valence-corrected chi connectivity index (χ4v) is 2.46. The highest BCUT2D eigenvalue weighted by Gasteiger charge is 2.23. The van der Waals surface area contributed by atoms with Crippen molar-refractivity contribution in [1.29, 1.82) is 0 Å². The van der Waals surface area contributed by atoms with Crippen LogP contribution in [0.1, 0.15) is 32.5 Å². The molecule has 6 nitrogen and oxygen atoms in total. The second-order valence-corrected chi connectivity index (χ2v) is 4.79. The Morgan fingerprint density at radius 1 is 1.59 bits per heavy atom. The average molecular weight is 238 g/mol. The zero-order chi connectivity index (χ0) is 12.1. The van der Waals surface area contributed by atoms with Crippen molar-refractivity contribution in [1.82, 2.24) is 30.8 Å². The number of hydrogen-bond acceptors (Lipinski definition) is 5. The monoisotopic (exact) mass is 238 g/mol. The van der Waals surface area contributed by atoms with E-state index < -0.39 is 0 Å². The van der Waals surface area contributed by atoms with Crippen LogP contribution in [0.5, 0.6) is 0 Å². The fraction of sp³-hybridized carbons (Fsp3) is 0.909. The molecule has 17 heavy (non-hydrogen) atoms. The van der Waals surface area contributed by atoms with Crippen LogP contribution in [0.3, 0.4) is 0 Å². The Bertz CT molecular complexity index is 312. The van der Waals surface area contributed by atoms with E-state index in [1.54, 1.807) is 0 Å². The van der Waals surface area contributed by atoms with E-state index in [-0.39, 0.29) is 0 Å². The van der Waals surface area contributed by atoms with Crippen molar-refractivity contribution >= 4 is 0 Å². The van der Waals surface area contributed by atoms with Crippen molar-refractivity contribution in [2.45, 2.75) is 39.3 Å². The lowest BCUT2D eigenvalue weighted by Gasteiger charge is -2.35. The van der Waals surface area contributed by atoms with Gasteiger partial charge in [-0.05, 0) is 38.8 Å². The van der Waals surface area contributed by atoms with Gasteiger partial charge in [-0.3, -0.25) is 0 Å². The van der Waals surface area contributed by atoms with Gasteiger partial charge in [0.05, 0.1) is 6.54 Å². The number of nitrogens with zero attached hydrogens (tertiary/aromatic N) is 4. The normalized spacial score (nSPS) is 23.8. The average Bonchev–Trinajstić information content (AvgIpc) is 2.89. The van der Waals surface area contributed by atoms with Crippen molar-refractivity contribution in [3.05, 3.63) is 5.82 Å². The van der Waals surface area contributed by atoms with Crippen LogP contribution in [0.4, 0.5) is 0 Å². The molecule has 6 heteroatoms. The number of piperidine rings is 1. The summed E-state index contributed by atoms with van der Waals surface area (Å²) < 4.78 is 0. The van der Waals surface area contributed by atoms with Crippen LogP contribution in [0.15, 0.2) is 0 Å². The lowest BCUT2D eigenvalue weighted by atomic mass is 9.91. The van der Waals surface area contributed by atoms with Crippen LogP contribution in [0, 0.1) is 5.92 Å². The molecule has 2 unspecified atom stereocenters. The van der Waals surface area contributed by atoms with Gasteiger partial charge in [-0.1, -0.05) is 12.1 Å². The van der Waals surface area contributed by atoms with Crippen LogP contribution < -0.4 is 5.32 Å². The molecule has 1 aliphatic heterocycles. The zero-order valence-corrected chi connectivity index (χ0v) is 10.7. The van der Waals surface area contributed by atoms with E-state index in [2.05, 4.69) is 44.7 Å². The van der Waals surface area contributed by atoms with E-state index in [0.29, 0.717) is 12.6 Å². The van der Waals surface area contributed by atoms with Crippen molar-refractivity contribution in [3.8, 4) is 0 Å². The molecule has 0 bridgehead atoms. The van der Waals surface area contributed by atoms with E-state index in [1.807, 2.05) is 0 Å². The van der Waals surface area contributed by atoms with Gasteiger partial charge in [0.1, 0.15) is 0 Å². The topological polar surface area (TPSA) is 69.7 Å². The molecule has 1 fully saturated rings. The minimum absolute atomic E-state index is 0.503. The van der Waals surface area contributed by atoms with Gasteiger partial charge in [0.2, 0.25) is 0 Å². The van der Waals surface area contributed by atoms with Gasteiger partial charge in [-0.25, -0.2) is 0 Å². The quantitative estimate of drug-likeness (QED) is 0.777. The summed E-state index contributed by atoms with van der Waals surface area (Å²) in [5.41, 5.74) is 0. The summed E-state index contributed by atoms with van der Waals surface area (Å²) in [5, 5.41) is 17.4. The highest BCUT2D eigenvalue weighted by molar-refractivity contribution is 4.82. The van der Waals surface area contributed by atoms with Crippen LogP contribution in [0.25, 0.3) is 0 Å². The number of likely N-dealkylation sites (tertiary alicyclic amines) is 1. The smallest absolute Gasteiger partial charge is 0.188 e. The molecule has 2 N–H and O–H groups in total. The van der Waals surface area contributed by atoms with Gasteiger partial charge in [-0.2, -0.15) is 5.21 Å². The molecule has 1 aliphatic rings. The standard InChI is InChI=1S/C11H22N6/c1-3-17-6-4-5-10(8-17)9(2)12-7-11-13-15-16-14-11/h9-10,12H,3-8H2,1-2H3,(H,13,14,15,16). The van der Waals surface area contributed by atoms with Gasteiger partial charge in [0.15, 0.2) is 5.82 Å². The predicted octanol–water partition coefficient (Wildman–Crippen LogP) is 0.410. The first-order valence-electron chi connectivity index (χ1n) is 6.47. The van der Waals surface area contributed by atoms with Crippen LogP contribution in [0.2, 0.25) is 0 Å². The van der Waals surface area contributed by atoms with Crippen LogP contribution in [-0.4, -0.2) is 51.2 Å². The van der Waals surface area contributed by atoms with Crippen LogP contribution in [-0.2, 0) is 6.54 Å². The first kappa shape index (κ1) is 12.4. The Morgan fingerprint density at radius 3 is 3.18 bits per heavy atom. The van der Waals surface area contributed by atoms with Gasteiger partial charge >= 0.3 is 0 Å². The summed E-state index contributed by atoms with van der Waals surface area (Å²) in [6.07, 6.45) is 2.63. The Morgan fingerprint density at radius 2 is 2.47 bits per heavy atom. The predicted molar refractivity (Wildman–Crippen MR) is 65.3 cm³/mol. The minimum atomic E-state index is 0.503. The highest BCUT2D eigenvalue weighted by atomic mass is 15.5. The molecule has 96 valence electrons. The Kier molecular flexibility index (Phi) is 4.44. The van der Waals surface area contributed by atoms with Crippen molar-refractivity contribution < 1.29 is 0 Å². The number of H-pyrrole nitrogens is 1. The number of nitrogens with one attached hydrogen (secondary N) is 2. The third-order valence-corrected chi connectivity index (χ3v) is 3.67. The van der Waals surface area contributed by atoms with Crippen molar-refractivity contribution in [2.75, 3.05) is 19.6 Å². The summed E-state index contributed by atoms with van der Waals surface area (Å²) in [6, 6.07) is 0.503. The second-order valence-electron chi connectivity index (χ2n) is 4.79. The number of aromatic nitrogens is 4. The number of rotatable bonds is 5. The van der Waals surface area contributed by atoms with E-state index in [0.717, 1.165) is 18.3 Å². The van der Waals surface area contributed by atoms with E-state index >= 15 is 0 Å². The Labute approximate surface area is 102 Å². The minimum Gasteiger partial charge on any atom is -0.307 e. The maximum absolute atomic E-state index is 3.94. The third-order valence-electron chi connectivity index (χ3n) is 3.67.